The molecule has 130 valence electrons. The van der Waals surface area contributed by atoms with Gasteiger partial charge in [-0.25, -0.2) is 9.78 Å². The average Bonchev–Trinajstić information content (AvgIpc) is 3.04. The molecular weight excluding hydrogens is 332 g/mol. The summed E-state index contributed by atoms with van der Waals surface area (Å²) in [7, 11) is 3.81. The van der Waals surface area contributed by atoms with E-state index in [9.17, 15) is 4.79 Å². The number of carbonyl (C=O) groups is 1. The van der Waals surface area contributed by atoms with Crippen molar-refractivity contribution in [1.82, 2.24) is 15.2 Å². The third kappa shape index (κ3) is 4.48. The number of nitrogens with zero attached hydrogens (tertiary/aromatic N) is 3. The second-order valence-corrected chi connectivity index (χ2v) is 7.04. The summed E-state index contributed by atoms with van der Waals surface area (Å²) in [5, 5.41) is 3.90. The van der Waals surface area contributed by atoms with Crippen molar-refractivity contribution in [3.8, 4) is 0 Å². The topological polar surface area (TPSA) is 48.5 Å². The minimum Gasteiger partial charge on any atom is -0.373 e. The van der Waals surface area contributed by atoms with Gasteiger partial charge in [0.05, 0.1) is 16.8 Å². The molecule has 0 aliphatic rings. The summed E-state index contributed by atoms with van der Waals surface area (Å²) in [6.07, 6.45) is 0. The Morgan fingerprint density at radius 2 is 1.80 bits per heavy atom. The Kier molecular flexibility index (Phi) is 5.50. The molecule has 3 aromatic rings. The highest BCUT2D eigenvalue weighted by atomic mass is 32.1. The Hall–Kier alpha value is -2.60. The van der Waals surface area contributed by atoms with Crippen molar-refractivity contribution < 1.29 is 4.79 Å². The Morgan fingerprint density at radius 1 is 1.08 bits per heavy atom. The maximum atomic E-state index is 12.3. The van der Waals surface area contributed by atoms with Crippen molar-refractivity contribution in [2.24, 2.45) is 0 Å². The predicted molar refractivity (Wildman–Crippen MR) is 104 cm³/mol. The summed E-state index contributed by atoms with van der Waals surface area (Å²) in [5.74, 6) is 0. The van der Waals surface area contributed by atoms with Gasteiger partial charge in [0.15, 0.2) is 0 Å². The van der Waals surface area contributed by atoms with Crippen LogP contribution in [0.25, 0.3) is 10.2 Å². The molecule has 1 aromatic heterocycles. The molecule has 0 aliphatic carbocycles. The predicted octanol–water partition coefficient (Wildman–Crippen LogP) is 3.57. The molecule has 0 saturated heterocycles. The van der Waals surface area contributed by atoms with Crippen LogP contribution in [0.5, 0.6) is 0 Å². The van der Waals surface area contributed by atoms with Gasteiger partial charge in [0.25, 0.3) is 0 Å². The molecule has 0 aliphatic heterocycles. The highest BCUT2D eigenvalue weighted by molar-refractivity contribution is 7.18. The lowest BCUT2D eigenvalue weighted by atomic mass is 10.3. The molecule has 0 fully saturated rings. The van der Waals surface area contributed by atoms with E-state index in [2.05, 4.69) is 33.4 Å². The first-order valence-electron chi connectivity index (χ1n) is 8.23. The van der Waals surface area contributed by atoms with Crippen LogP contribution in [0.4, 0.5) is 10.5 Å². The summed E-state index contributed by atoms with van der Waals surface area (Å²) in [5.41, 5.74) is 2.13. The SMILES string of the molecule is CN(Cc1nc2ccccc2s1)C(=O)NCCN(C)c1ccccc1. The third-order valence-corrected chi connectivity index (χ3v) is 5.00. The van der Waals surface area contributed by atoms with Gasteiger partial charge in [-0.3, -0.25) is 0 Å². The van der Waals surface area contributed by atoms with E-state index in [4.69, 9.17) is 0 Å². The number of nitrogens with one attached hydrogen (secondary N) is 1. The van der Waals surface area contributed by atoms with Crippen LogP contribution in [0, 0.1) is 0 Å². The lowest BCUT2D eigenvalue weighted by Crippen LogP contribution is -2.40. The van der Waals surface area contributed by atoms with Gasteiger partial charge in [-0.1, -0.05) is 30.3 Å². The van der Waals surface area contributed by atoms with E-state index in [1.807, 2.05) is 43.4 Å². The van der Waals surface area contributed by atoms with E-state index >= 15 is 0 Å². The van der Waals surface area contributed by atoms with Gasteiger partial charge in [0.2, 0.25) is 0 Å². The van der Waals surface area contributed by atoms with Crippen LogP contribution in [0.15, 0.2) is 54.6 Å². The highest BCUT2D eigenvalue weighted by Gasteiger charge is 2.12. The van der Waals surface area contributed by atoms with Crippen LogP contribution in [0.3, 0.4) is 0 Å². The molecule has 0 radical (unpaired) electrons. The first-order valence-corrected chi connectivity index (χ1v) is 9.05. The molecule has 1 N–H and O–H groups in total. The number of hydrogen-bond donors (Lipinski definition) is 1. The molecular formula is C19H22N4OS. The van der Waals surface area contributed by atoms with Crippen molar-refractivity contribution in [2.75, 3.05) is 32.1 Å². The molecule has 2 aromatic carbocycles. The fourth-order valence-electron chi connectivity index (χ4n) is 2.54. The maximum Gasteiger partial charge on any atom is 0.317 e. The van der Waals surface area contributed by atoms with Gasteiger partial charge in [-0.05, 0) is 24.3 Å². The van der Waals surface area contributed by atoms with Crippen LogP contribution in [0.2, 0.25) is 0 Å². The lowest BCUT2D eigenvalue weighted by Gasteiger charge is -2.21. The van der Waals surface area contributed by atoms with Crippen LogP contribution < -0.4 is 10.2 Å². The molecule has 25 heavy (non-hydrogen) atoms. The molecule has 0 bridgehead atoms. The van der Waals surface area contributed by atoms with Gasteiger partial charge in [0, 0.05) is 32.9 Å². The number of hydrogen-bond acceptors (Lipinski definition) is 4. The Labute approximate surface area is 151 Å². The molecule has 2 amide bonds. The summed E-state index contributed by atoms with van der Waals surface area (Å²) < 4.78 is 1.15. The van der Waals surface area contributed by atoms with Crippen molar-refractivity contribution in [3.05, 3.63) is 59.6 Å². The summed E-state index contributed by atoms with van der Waals surface area (Å²) in [4.78, 5) is 20.6. The minimum absolute atomic E-state index is 0.0827. The molecule has 0 atom stereocenters. The number of fused-ring (bicyclic) bond motifs is 1. The van der Waals surface area contributed by atoms with Gasteiger partial charge in [0.1, 0.15) is 5.01 Å². The maximum absolute atomic E-state index is 12.3. The second-order valence-electron chi connectivity index (χ2n) is 5.92. The van der Waals surface area contributed by atoms with Gasteiger partial charge in [-0.2, -0.15) is 0 Å². The zero-order valence-electron chi connectivity index (χ0n) is 14.5. The van der Waals surface area contributed by atoms with Gasteiger partial charge in [-0.15, -0.1) is 11.3 Å². The lowest BCUT2D eigenvalue weighted by molar-refractivity contribution is 0.207. The van der Waals surface area contributed by atoms with E-state index in [-0.39, 0.29) is 6.03 Å². The summed E-state index contributed by atoms with van der Waals surface area (Å²) in [6.45, 7) is 1.86. The average molecular weight is 354 g/mol. The quantitative estimate of drug-likeness (QED) is 0.736. The molecule has 6 heteroatoms. The number of urea groups is 1. The van der Waals surface area contributed by atoms with Crippen LogP contribution in [-0.4, -0.2) is 43.1 Å². The monoisotopic (exact) mass is 354 g/mol. The number of amides is 2. The largest absolute Gasteiger partial charge is 0.373 e. The van der Waals surface area contributed by atoms with Gasteiger partial charge < -0.3 is 15.1 Å². The number of carbonyl (C=O) groups excluding carboxylic acids is 1. The summed E-state index contributed by atoms with van der Waals surface area (Å²) >= 11 is 1.63. The van der Waals surface area contributed by atoms with Crippen molar-refractivity contribution >= 4 is 33.3 Å². The van der Waals surface area contributed by atoms with Crippen LogP contribution >= 0.6 is 11.3 Å². The normalized spacial score (nSPS) is 10.6. The van der Waals surface area contributed by atoms with E-state index in [1.54, 1.807) is 23.3 Å². The zero-order chi connectivity index (χ0) is 17.6. The van der Waals surface area contributed by atoms with Crippen molar-refractivity contribution in [1.29, 1.82) is 0 Å². The number of aromatic nitrogens is 1. The molecule has 0 unspecified atom stereocenters. The third-order valence-electron chi connectivity index (χ3n) is 3.98. The molecule has 0 saturated carbocycles. The second kappa shape index (κ2) is 7.98. The van der Waals surface area contributed by atoms with E-state index < -0.39 is 0 Å². The van der Waals surface area contributed by atoms with Crippen molar-refractivity contribution in [2.45, 2.75) is 6.54 Å². The van der Waals surface area contributed by atoms with Crippen LogP contribution in [0.1, 0.15) is 5.01 Å². The summed E-state index contributed by atoms with van der Waals surface area (Å²) in [6, 6.07) is 18.1. The first kappa shape index (κ1) is 17.2. The molecule has 1 heterocycles. The van der Waals surface area contributed by atoms with E-state index in [0.717, 1.165) is 27.5 Å². The van der Waals surface area contributed by atoms with Crippen LogP contribution in [-0.2, 0) is 6.54 Å². The minimum atomic E-state index is -0.0827. The fraction of sp³-hybridized carbons (Fsp3) is 0.263. The zero-order valence-corrected chi connectivity index (χ0v) is 15.3. The molecule has 3 rings (SSSR count). The molecule has 0 spiro atoms. The standard InChI is InChI=1S/C19H22N4OS/c1-22(15-8-4-3-5-9-15)13-12-20-19(24)23(2)14-18-21-16-10-6-7-11-17(16)25-18/h3-11H,12-14H2,1-2H3,(H,20,24). The number of para-hydroxylation sites is 2. The number of benzene rings is 2. The van der Waals surface area contributed by atoms with Gasteiger partial charge >= 0.3 is 6.03 Å². The Bertz CT molecular complexity index is 801. The number of anilines is 1. The number of rotatable bonds is 6. The molecule has 5 nitrogen and oxygen atoms in total. The highest BCUT2D eigenvalue weighted by Crippen LogP contribution is 2.22. The van der Waals surface area contributed by atoms with E-state index in [0.29, 0.717) is 13.1 Å². The fourth-order valence-corrected chi connectivity index (χ4v) is 3.56. The smallest absolute Gasteiger partial charge is 0.317 e. The number of thiazole rings is 1. The number of likely N-dealkylation sites (N-methyl/N-ethyl adjacent to an activating group) is 1. The Morgan fingerprint density at radius 3 is 2.56 bits per heavy atom. The van der Waals surface area contributed by atoms with E-state index in [1.165, 1.54) is 0 Å². The first-order chi connectivity index (χ1) is 12.1. The Balaban J connectivity index is 1.47. The van der Waals surface area contributed by atoms with Crippen molar-refractivity contribution in [3.63, 3.8) is 0 Å².